The lowest BCUT2D eigenvalue weighted by Crippen LogP contribution is -2.21. The number of hydrogen-bond acceptors (Lipinski definition) is 1. The van der Waals surface area contributed by atoms with Crippen molar-refractivity contribution in [3.05, 3.63) is 0 Å². The van der Waals surface area contributed by atoms with Crippen LogP contribution in [-0.2, 0) is 0 Å². The molecule has 0 atom stereocenters. The van der Waals surface area contributed by atoms with E-state index in [4.69, 9.17) is 0 Å². The molecule has 45 valence electrons. The molecule has 0 spiro atoms. The van der Waals surface area contributed by atoms with Crippen LogP contribution in [0.25, 0.3) is 0 Å². The van der Waals surface area contributed by atoms with Gasteiger partial charge in [0.15, 0.2) is 0 Å². The molecule has 0 aromatic heterocycles. The Morgan fingerprint density at radius 1 is 1.75 bits per heavy atom. The van der Waals surface area contributed by atoms with Crippen molar-refractivity contribution in [3.8, 4) is 0 Å². The van der Waals surface area contributed by atoms with Crippen LogP contribution < -0.4 is 0 Å². The minimum absolute atomic E-state index is 0.858. The number of nitrogens with zero attached hydrogens (tertiary/aromatic N) is 1. The molecule has 0 saturated heterocycles. The fourth-order valence-corrected chi connectivity index (χ4v) is 1.48. The topological polar surface area (TPSA) is 3.24 Å². The predicted molar refractivity (Wildman–Crippen MR) is 47.1 cm³/mol. The standard InChI is InChI=1S/C4H9INSi2/c1-2-3-4-6(7)8-5/h2-4H2,1H3. The SMILES string of the molecule is CCCCN([Si])[Si]I. The maximum atomic E-state index is 3.46. The Morgan fingerprint density at radius 3 is 2.75 bits per heavy atom. The molecule has 8 heavy (non-hydrogen) atoms. The van der Waals surface area contributed by atoms with Gasteiger partial charge in [-0.3, -0.25) is 0 Å². The van der Waals surface area contributed by atoms with Crippen molar-refractivity contribution < 1.29 is 0 Å². The summed E-state index contributed by atoms with van der Waals surface area (Å²) in [7, 11) is 4.32. The molecule has 0 amide bonds. The molecule has 0 unspecified atom stereocenters. The third kappa shape index (κ3) is 5.26. The van der Waals surface area contributed by atoms with E-state index < -0.39 is 0 Å². The molecule has 0 aliphatic heterocycles. The highest BCUT2D eigenvalue weighted by Gasteiger charge is 1.92. The molecule has 0 aromatic carbocycles. The summed E-state index contributed by atoms with van der Waals surface area (Å²) >= 11 is 2.36. The predicted octanol–water partition coefficient (Wildman–Crippen LogP) is 1.14. The Morgan fingerprint density at radius 2 is 2.38 bits per heavy atom. The third-order valence-electron chi connectivity index (χ3n) is 0.837. The van der Waals surface area contributed by atoms with Gasteiger partial charge in [-0.15, -0.1) is 21.8 Å². The van der Waals surface area contributed by atoms with Gasteiger partial charge in [0.1, 0.15) is 10.4 Å². The van der Waals surface area contributed by atoms with Crippen LogP contribution >= 0.6 is 21.8 Å². The Kier molecular flexibility index (Phi) is 7.12. The monoisotopic (exact) mass is 254 g/mol. The minimum atomic E-state index is 0.858. The Bertz CT molecular complexity index is 53.3. The molecule has 4 heteroatoms. The van der Waals surface area contributed by atoms with Crippen molar-refractivity contribution >= 4 is 39.4 Å². The second kappa shape index (κ2) is 6.25. The number of hydrogen-bond donors (Lipinski definition) is 0. The molecule has 0 fully saturated rings. The fourth-order valence-electron chi connectivity index (χ4n) is 0.358. The minimum Gasteiger partial charge on any atom is -0.342 e. The van der Waals surface area contributed by atoms with E-state index in [2.05, 4.69) is 43.4 Å². The van der Waals surface area contributed by atoms with Crippen molar-refractivity contribution in [3.63, 3.8) is 0 Å². The van der Waals surface area contributed by atoms with Crippen LogP contribution in [0, 0.1) is 0 Å². The maximum absolute atomic E-state index is 3.46. The lowest BCUT2D eigenvalue weighted by atomic mass is 10.3. The van der Waals surface area contributed by atoms with Gasteiger partial charge < -0.3 is 4.23 Å². The first-order valence-corrected chi connectivity index (χ1v) is 7.17. The molecule has 0 N–H and O–H groups in total. The Balaban J connectivity index is 2.86. The molecule has 0 heterocycles. The van der Waals surface area contributed by atoms with Crippen molar-refractivity contribution in [1.29, 1.82) is 0 Å². The average Bonchev–Trinajstić information content (AvgIpc) is 1.83. The molecule has 0 bridgehead atoms. The Labute approximate surface area is 69.8 Å². The van der Waals surface area contributed by atoms with E-state index >= 15 is 0 Å². The molecular weight excluding hydrogens is 245 g/mol. The zero-order valence-corrected chi connectivity index (χ0v) is 9.10. The highest BCUT2D eigenvalue weighted by atomic mass is 127. The van der Waals surface area contributed by atoms with Gasteiger partial charge in [-0.2, -0.15) is 0 Å². The van der Waals surface area contributed by atoms with Crippen molar-refractivity contribution in [2.75, 3.05) is 6.54 Å². The third-order valence-corrected chi connectivity index (χ3v) is 4.94. The summed E-state index contributed by atoms with van der Waals surface area (Å²) in [5, 5.41) is 0. The van der Waals surface area contributed by atoms with E-state index in [-0.39, 0.29) is 0 Å². The summed E-state index contributed by atoms with van der Waals surface area (Å²) in [6.45, 7) is 3.38. The van der Waals surface area contributed by atoms with Gasteiger partial charge in [0.05, 0.1) is 0 Å². The van der Waals surface area contributed by atoms with E-state index in [1.54, 1.807) is 0 Å². The fraction of sp³-hybridized carbons (Fsp3) is 1.00. The largest absolute Gasteiger partial charge is 0.342 e. The van der Waals surface area contributed by atoms with E-state index in [0.29, 0.717) is 0 Å². The van der Waals surface area contributed by atoms with Gasteiger partial charge >= 0.3 is 0 Å². The average molecular weight is 254 g/mol. The highest BCUT2D eigenvalue weighted by Crippen LogP contribution is 1.90. The summed E-state index contributed by atoms with van der Waals surface area (Å²) in [5.41, 5.74) is 0. The van der Waals surface area contributed by atoms with Gasteiger partial charge in [-0.25, -0.2) is 0 Å². The molecule has 5 radical (unpaired) electrons. The van der Waals surface area contributed by atoms with Crippen LogP contribution in [-0.4, -0.2) is 28.4 Å². The van der Waals surface area contributed by atoms with Crippen LogP contribution in [0.1, 0.15) is 19.8 Å². The van der Waals surface area contributed by atoms with E-state index in [9.17, 15) is 0 Å². The van der Waals surface area contributed by atoms with Crippen molar-refractivity contribution in [2.45, 2.75) is 19.8 Å². The van der Waals surface area contributed by atoms with Crippen LogP contribution in [0.4, 0.5) is 0 Å². The normalized spacial score (nSPS) is 10.5. The van der Waals surface area contributed by atoms with Crippen molar-refractivity contribution in [2.24, 2.45) is 0 Å². The first kappa shape index (κ1) is 9.12. The zero-order valence-electron chi connectivity index (χ0n) is 4.95. The molecule has 0 aliphatic rings. The second-order valence-electron chi connectivity index (χ2n) is 1.59. The van der Waals surface area contributed by atoms with Gasteiger partial charge in [-0.05, 0) is 13.0 Å². The summed E-state index contributed by atoms with van der Waals surface area (Å²) in [6, 6.07) is 0. The highest BCUT2D eigenvalue weighted by molar-refractivity contribution is 14.1. The maximum Gasteiger partial charge on any atom is 0.223 e. The first-order chi connectivity index (χ1) is 3.81. The van der Waals surface area contributed by atoms with Gasteiger partial charge in [0, 0.05) is 0 Å². The molecule has 0 aliphatic carbocycles. The lowest BCUT2D eigenvalue weighted by molar-refractivity contribution is 0.633. The zero-order chi connectivity index (χ0) is 6.41. The lowest BCUT2D eigenvalue weighted by Gasteiger charge is -2.08. The molecule has 0 aromatic rings. The quantitative estimate of drug-likeness (QED) is 0.413. The molecule has 0 rings (SSSR count). The van der Waals surface area contributed by atoms with Crippen molar-refractivity contribution in [1.82, 2.24) is 4.23 Å². The molecule has 0 saturated carbocycles. The van der Waals surface area contributed by atoms with E-state index in [1.165, 1.54) is 19.4 Å². The number of halogens is 1. The second-order valence-corrected chi connectivity index (χ2v) is 4.73. The van der Waals surface area contributed by atoms with Crippen LogP contribution in [0.2, 0.25) is 0 Å². The summed E-state index contributed by atoms with van der Waals surface area (Å²) < 4.78 is 2.16. The van der Waals surface area contributed by atoms with E-state index in [0.717, 1.165) is 7.18 Å². The first-order valence-electron chi connectivity index (χ1n) is 2.66. The smallest absolute Gasteiger partial charge is 0.223 e. The number of rotatable bonds is 4. The van der Waals surface area contributed by atoms with Gasteiger partial charge in [-0.1, -0.05) is 13.3 Å². The van der Waals surface area contributed by atoms with Crippen LogP contribution in [0.3, 0.4) is 0 Å². The molecule has 1 nitrogen and oxygen atoms in total. The Hall–Kier alpha value is 1.12. The van der Waals surface area contributed by atoms with E-state index in [1.807, 2.05) is 0 Å². The molecular formula is C4H9INSi2. The van der Waals surface area contributed by atoms with Crippen LogP contribution in [0.5, 0.6) is 0 Å². The number of unbranched alkanes of at least 4 members (excludes halogenated alkanes) is 1. The van der Waals surface area contributed by atoms with Crippen LogP contribution in [0.15, 0.2) is 0 Å². The summed E-state index contributed by atoms with van der Waals surface area (Å²) in [4.78, 5) is 0. The summed E-state index contributed by atoms with van der Waals surface area (Å²) in [5.74, 6) is 0. The van der Waals surface area contributed by atoms with Gasteiger partial charge in [0.2, 0.25) is 7.18 Å². The summed E-state index contributed by atoms with van der Waals surface area (Å²) in [6.07, 6.45) is 2.57. The van der Waals surface area contributed by atoms with Gasteiger partial charge in [0.25, 0.3) is 0 Å².